The fraction of sp³-hybridized carbons (Fsp3) is 1.00. The minimum atomic E-state index is -0.910. The number of hydrogen-bond donors (Lipinski definition) is 5. The van der Waals surface area contributed by atoms with E-state index in [4.69, 9.17) is 10.5 Å². The zero-order chi connectivity index (χ0) is 10.1. The second-order valence-electron chi connectivity index (χ2n) is 3.52. The highest BCUT2D eigenvalue weighted by Gasteiger charge is 2.44. The summed E-state index contributed by atoms with van der Waals surface area (Å²) in [6, 6.07) is -0.237. The second kappa shape index (κ2) is 4.31. The lowest BCUT2D eigenvalue weighted by Gasteiger charge is -2.44. The summed E-state index contributed by atoms with van der Waals surface area (Å²) in [4.78, 5) is 0. The fourth-order valence-corrected chi connectivity index (χ4v) is 2.55. The summed E-state index contributed by atoms with van der Waals surface area (Å²) >= 11 is 1.31. The zero-order valence-corrected chi connectivity index (χ0v) is 8.41. The SMILES string of the molecule is NCC1OC2CNSNC2C(O)C1O. The van der Waals surface area contributed by atoms with Crippen LogP contribution in [0.3, 0.4) is 0 Å². The molecule has 14 heavy (non-hydrogen) atoms. The van der Waals surface area contributed by atoms with Gasteiger partial charge < -0.3 is 20.7 Å². The highest BCUT2D eigenvalue weighted by Crippen LogP contribution is 2.23. The Bertz CT molecular complexity index is 207. The maximum absolute atomic E-state index is 9.79. The molecule has 0 bridgehead atoms. The van der Waals surface area contributed by atoms with Crippen molar-refractivity contribution in [3.8, 4) is 0 Å². The number of hydrogen-bond acceptors (Lipinski definition) is 7. The summed E-state index contributed by atoms with van der Waals surface area (Å²) in [5, 5.41) is 19.4. The van der Waals surface area contributed by atoms with Crippen LogP contribution in [-0.4, -0.2) is 53.8 Å². The van der Waals surface area contributed by atoms with Gasteiger partial charge in [-0.1, -0.05) is 0 Å². The molecule has 2 fully saturated rings. The Morgan fingerprint density at radius 1 is 1.43 bits per heavy atom. The third kappa shape index (κ3) is 1.76. The Kier molecular flexibility index (Phi) is 3.27. The van der Waals surface area contributed by atoms with Gasteiger partial charge in [-0.25, -0.2) is 9.44 Å². The highest BCUT2D eigenvalue weighted by atomic mass is 32.2. The molecule has 2 aliphatic rings. The fourth-order valence-electron chi connectivity index (χ4n) is 1.79. The first-order chi connectivity index (χ1) is 6.74. The molecule has 7 heteroatoms. The predicted molar refractivity (Wildman–Crippen MR) is 52.2 cm³/mol. The summed E-state index contributed by atoms with van der Waals surface area (Å²) in [5.41, 5.74) is 5.44. The Balaban J connectivity index is 2.07. The van der Waals surface area contributed by atoms with Crippen molar-refractivity contribution in [2.24, 2.45) is 5.73 Å². The van der Waals surface area contributed by atoms with Crippen molar-refractivity contribution in [2.45, 2.75) is 30.5 Å². The average molecular weight is 221 g/mol. The smallest absolute Gasteiger partial charge is 0.109 e. The monoisotopic (exact) mass is 221 g/mol. The van der Waals surface area contributed by atoms with Gasteiger partial charge in [-0.05, 0) is 0 Å². The molecule has 0 spiro atoms. The molecule has 0 amide bonds. The van der Waals surface area contributed by atoms with E-state index in [9.17, 15) is 10.2 Å². The van der Waals surface area contributed by atoms with Gasteiger partial charge in [0.15, 0.2) is 0 Å². The average Bonchev–Trinajstić information content (AvgIpc) is 2.23. The molecule has 2 aliphatic heterocycles. The molecular formula is C7H15N3O3S. The quantitative estimate of drug-likeness (QED) is 0.314. The second-order valence-corrected chi connectivity index (χ2v) is 4.25. The summed E-state index contributed by atoms with van der Waals surface area (Å²) in [5.74, 6) is 0. The summed E-state index contributed by atoms with van der Waals surface area (Å²) in [6.45, 7) is 0.858. The first-order valence-electron chi connectivity index (χ1n) is 4.60. The maximum atomic E-state index is 9.79. The van der Waals surface area contributed by atoms with E-state index in [0.29, 0.717) is 6.54 Å². The van der Waals surface area contributed by atoms with Crippen molar-refractivity contribution in [3.05, 3.63) is 0 Å². The number of aliphatic hydroxyl groups excluding tert-OH is 2. The zero-order valence-electron chi connectivity index (χ0n) is 7.59. The van der Waals surface area contributed by atoms with Crippen LogP contribution in [0.2, 0.25) is 0 Å². The topological polar surface area (TPSA) is 99.8 Å². The lowest BCUT2D eigenvalue weighted by atomic mass is 9.93. The van der Waals surface area contributed by atoms with Crippen LogP contribution in [-0.2, 0) is 4.74 Å². The standard InChI is InChI=1S/C7H15N3O3S/c8-1-3-6(11)7(12)5-4(13-3)2-9-14-10-5/h3-7,9-12H,1-2,8H2. The number of ether oxygens (including phenoxy) is 1. The molecule has 0 aromatic heterocycles. The normalized spacial score (nSPS) is 48.6. The third-order valence-corrected chi connectivity index (χ3v) is 3.33. The molecule has 0 radical (unpaired) electrons. The van der Waals surface area contributed by atoms with Gasteiger partial charge in [0, 0.05) is 25.2 Å². The minimum Gasteiger partial charge on any atom is -0.389 e. The Hall–Kier alpha value is 0.110. The number of rotatable bonds is 1. The van der Waals surface area contributed by atoms with Crippen LogP contribution in [0.15, 0.2) is 0 Å². The molecular weight excluding hydrogens is 206 g/mol. The van der Waals surface area contributed by atoms with E-state index in [2.05, 4.69) is 9.44 Å². The van der Waals surface area contributed by atoms with Gasteiger partial charge in [-0.2, -0.15) is 0 Å². The van der Waals surface area contributed by atoms with Gasteiger partial charge >= 0.3 is 0 Å². The van der Waals surface area contributed by atoms with Crippen molar-refractivity contribution in [1.82, 2.24) is 9.44 Å². The largest absolute Gasteiger partial charge is 0.389 e. The molecule has 0 saturated carbocycles. The van der Waals surface area contributed by atoms with Crippen molar-refractivity contribution in [3.63, 3.8) is 0 Å². The molecule has 2 saturated heterocycles. The third-order valence-electron chi connectivity index (χ3n) is 2.63. The van der Waals surface area contributed by atoms with Crippen LogP contribution in [0.4, 0.5) is 0 Å². The van der Waals surface area contributed by atoms with Crippen LogP contribution in [0.25, 0.3) is 0 Å². The van der Waals surface area contributed by atoms with E-state index >= 15 is 0 Å². The molecule has 5 unspecified atom stereocenters. The molecule has 0 aliphatic carbocycles. The molecule has 6 N–H and O–H groups in total. The van der Waals surface area contributed by atoms with E-state index in [0.717, 1.165) is 0 Å². The number of nitrogens with two attached hydrogens (primary N) is 1. The molecule has 2 rings (SSSR count). The predicted octanol–water partition coefficient (Wildman–Crippen LogP) is -2.44. The first-order valence-corrected chi connectivity index (χ1v) is 5.41. The summed E-state index contributed by atoms with van der Waals surface area (Å²) in [7, 11) is 0. The van der Waals surface area contributed by atoms with E-state index in [1.54, 1.807) is 0 Å². The lowest BCUT2D eigenvalue weighted by Crippen LogP contribution is -2.66. The van der Waals surface area contributed by atoms with Crippen molar-refractivity contribution in [1.29, 1.82) is 0 Å². The van der Waals surface area contributed by atoms with Crippen LogP contribution in [0.1, 0.15) is 0 Å². The van der Waals surface area contributed by atoms with Gasteiger partial charge in [-0.15, -0.1) is 0 Å². The highest BCUT2D eigenvalue weighted by molar-refractivity contribution is 7.95. The van der Waals surface area contributed by atoms with Crippen LogP contribution in [0.5, 0.6) is 0 Å². The molecule has 0 aromatic rings. The van der Waals surface area contributed by atoms with Gasteiger partial charge in [0.1, 0.15) is 12.2 Å². The van der Waals surface area contributed by atoms with Crippen LogP contribution < -0.4 is 15.2 Å². The Morgan fingerprint density at radius 2 is 2.21 bits per heavy atom. The van der Waals surface area contributed by atoms with E-state index < -0.39 is 18.3 Å². The van der Waals surface area contributed by atoms with Gasteiger partial charge in [0.2, 0.25) is 0 Å². The Morgan fingerprint density at radius 3 is 2.93 bits per heavy atom. The van der Waals surface area contributed by atoms with E-state index in [1.807, 2.05) is 0 Å². The number of aliphatic hydroxyl groups is 2. The van der Waals surface area contributed by atoms with Gasteiger partial charge in [0.25, 0.3) is 0 Å². The molecule has 82 valence electrons. The molecule has 6 nitrogen and oxygen atoms in total. The Labute approximate surface area is 86.5 Å². The van der Waals surface area contributed by atoms with Crippen molar-refractivity contribution >= 4 is 12.1 Å². The molecule has 0 aromatic carbocycles. The van der Waals surface area contributed by atoms with Crippen LogP contribution >= 0.6 is 12.1 Å². The maximum Gasteiger partial charge on any atom is 0.109 e. The van der Waals surface area contributed by atoms with Crippen molar-refractivity contribution in [2.75, 3.05) is 13.1 Å². The lowest BCUT2D eigenvalue weighted by molar-refractivity contribution is -0.176. The van der Waals surface area contributed by atoms with Crippen molar-refractivity contribution < 1.29 is 14.9 Å². The summed E-state index contributed by atoms with van der Waals surface area (Å²) < 4.78 is 11.5. The van der Waals surface area contributed by atoms with Gasteiger partial charge in [-0.3, -0.25) is 0 Å². The number of nitrogens with one attached hydrogen (secondary N) is 2. The summed E-state index contributed by atoms with van der Waals surface area (Å²) in [6.07, 6.45) is -2.34. The molecule has 5 atom stereocenters. The number of fused-ring (bicyclic) bond motifs is 1. The molecule has 2 heterocycles. The minimum absolute atomic E-state index is 0.136. The van der Waals surface area contributed by atoms with Gasteiger partial charge in [0.05, 0.1) is 18.2 Å². The van der Waals surface area contributed by atoms with Crippen LogP contribution in [0, 0.1) is 0 Å². The first kappa shape index (κ1) is 10.6. The van der Waals surface area contributed by atoms with E-state index in [-0.39, 0.29) is 18.7 Å². The van der Waals surface area contributed by atoms with E-state index in [1.165, 1.54) is 12.1 Å².